The number of carbonyl (C=O) groups excluding carboxylic acids is 1. The highest BCUT2D eigenvalue weighted by Gasteiger charge is 2.30. The zero-order valence-electron chi connectivity index (χ0n) is 13.6. The Labute approximate surface area is 149 Å². The number of aromatic nitrogens is 2. The molecule has 2 heterocycles. The van der Waals surface area contributed by atoms with E-state index >= 15 is 0 Å². The maximum absolute atomic E-state index is 12.9. The predicted molar refractivity (Wildman–Crippen MR) is 98.1 cm³/mol. The molecule has 3 aromatic rings. The fourth-order valence-electron chi connectivity index (χ4n) is 3.41. The Bertz CT molecular complexity index is 1040. The maximum atomic E-state index is 12.9. The molecule has 1 aromatic heterocycles. The van der Waals surface area contributed by atoms with E-state index in [-0.39, 0.29) is 24.1 Å². The van der Waals surface area contributed by atoms with Gasteiger partial charge in [-0.25, -0.2) is 4.98 Å². The van der Waals surface area contributed by atoms with E-state index in [4.69, 9.17) is 11.6 Å². The molecule has 0 N–H and O–H groups in total. The van der Waals surface area contributed by atoms with Gasteiger partial charge >= 0.3 is 0 Å². The van der Waals surface area contributed by atoms with Crippen molar-refractivity contribution in [2.75, 3.05) is 4.90 Å². The first-order valence-electron chi connectivity index (χ1n) is 8.09. The molecule has 1 amide bonds. The summed E-state index contributed by atoms with van der Waals surface area (Å²) in [5.41, 5.74) is 2.38. The summed E-state index contributed by atoms with van der Waals surface area (Å²) in [5.74, 6) is -0.122. The first-order chi connectivity index (χ1) is 12.0. The zero-order valence-corrected chi connectivity index (χ0v) is 14.4. The molecule has 25 heavy (non-hydrogen) atoms. The molecule has 4 rings (SSSR count). The van der Waals surface area contributed by atoms with Gasteiger partial charge in [0.1, 0.15) is 6.54 Å². The summed E-state index contributed by atoms with van der Waals surface area (Å²) >= 11 is 5.98. The second-order valence-corrected chi connectivity index (χ2v) is 6.72. The van der Waals surface area contributed by atoms with Crippen molar-refractivity contribution >= 4 is 34.1 Å². The number of anilines is 1. The Kier molecular flexibility index (Phi) is 3.81. The third kappa shape index (κ3) is 2.70. The normalized spacial score (nSPS) is 16.2. The van der Waals surface area contributed by atoms with Crippen LogP contribution in [0.1, 0.15) is 12.5 Å². The molecule has 0 bridgehead atoms. The highest BCUT2D eigenvalue weighted by atomic mass is 35.5. The number of hydrogen-bond acceptors (Lipinski definition) is 3. The lowest BCUT2D eigenvalue weighted by atomic mass is 10.1. The molecule has 1 aliphatic heterocycles. The molecular weight excluding hydrogens is 338 g/mol. The number of hydrogen-bond donors (Lipinski definition) is 0. The summed E-state index contributed by atoms with van der Waals surface area (Å²) in [7, 11) is 0. The Morgan fingerprint density at radius 1 is 1.28 bits per heavy atom. The highest BCUT2D eigenvalue weighted by molar-refractivity contribution is 6.31. The number of benzene rings is 2. The lowest BCUT2D eigenvalue weighted by Gasteiger charge is -2.23. The molecule has 2 aromatic carbocycles. The van der Waals surface area contributed by atoms with Crippen LogP contribution in [0.3, 0.4) is 0 Å². The molecule has 0 spiro atoms. The summed E-state index contributed by atoms with van der Waals surface area (Å²) < 4.78 is 1.34. The molecule has 5 nitrogen and oxygen atoms in total. The van der Waals surface area contributed by atoms with E-state index in [1.807, 2.05) is 31.2 Å². The molecule has 0 radical (unpaired) electrons. The zero-order chi connectivity index (χ0) is 17.6. The SMILES string of the molecule is C[C@@H]1Cc2ccccc2N1C(=O)Cn1cnc2ccc(Cl)cc2c1=O. The summed E-state index contributed by atoms with van der Waals surface area (Å²) in [6.45, 7) is 1.96. The van der Waals surface area contributed by atoms with Gasteiger partial charge in [-0.05, 0) is 43.2 Å². The number of fused-ring (bicyclic) bond motifs is 2. The molecule has 6 heteroatoms. The number of amides is 1. The van der Waals surface area contributed by atoms with E-state index in [1.165, 1.54) is 10.9 Å². The van der Waals surface area contributed by atoms with Crippen molar-refractivity contribution in [1.29, 1.82) is 0 Å². The monoisotopic (exact) mass is 353 g/mol. The Morgan fingerprint density at radius 2 is 2.08 bits per heavy atom. The summed E-state index contributed by atoms with van der Waals surface area (Å²) in [4.78, 5) is 31.5. The standard InChI is InChI=1S/C19H16ClN3O2/c1-12-8-13-4-2-3-5-17(13)23(12)18(24)10-22-11-21-16-7-6-14(20)9-15(16)19(22)25/h2-7,9,11-12H,8,10H2,1H3/t12-/m1/s1. The van der Waals surface area contributed by atoms with Crippen molar-refractivity contribution in [2.24, 2.45) is 0 Å². The van der Waals surface area contributed by atoms with E-state index in [9.17, 15) is 9.59 Å². The van der Waals surface area contributed by atoms with Crippen LogP contribution in [0, 0.1) is 0 Å². The Morgan fingerprint density at radius 3 is 2.92 bits per heavy atom. The van der Waals surface area contributed by atoms with Crippen molar-refractivity contribution in [3.05, 3.63) is 69.7 Å². The van der Waals surface area contributed by atoms with Crippen LogP contribution < -0.4 is 10.5 Å². The third-order valence-corrected chi connectivity index (χ3v) is 4.80. The fourth-order valence-corrected chi connectivity index (χ4v) is 3.58. The molecule has 126 valence electrons. The average Bonchev–Trinajstić information content (AvgIpc) is 2.93. The molecule has 0 unspecified atom stereocenters. The number of halogens is 1. The van der Waals surface area contributed by atoms with Crippen LogP contribution in [-0.2, 0) is 17.8 Å². The lowest BCUT2D eigenvalue weighted by molar-refractivity contribution is -0.119. The molecule has 1 atom stereocenters. The number of para-hydroxylation sites is 1. The lowest BCUT2D eigenvalue weighted by Crippen LogP contribution is -2.40. The van der Waals surface area contributed by atoms with E-state index in [1.54, 1.807) is 23.1 Å². The number of nitrogens with zero attached hydrogens (tertiary/aromatic N) is 3. The van der Waals surface area contributed by atoms with Gasteiger partial charge in [-0.15, -0.1) is 0 Å². The molecule has 0 fully saturated rings. The predicted octanol–water partition coefficient (Wildman–Crippen LogP) is 3.03. The Balaban J connectivity index is 1.69. The van der Waals surface area contributed by atoms with Crippen LogP contribution >= 0.6 is 11.6 Å². The molecule has 0 saturated heterocycles. The molecule has 0 saturated carbocycles. The molecule has 0 aliphatic carbocycles. The van der Waals surface area contributed by atoms with Gasteiger partial charge in [0.2, 0.25) is 5.91 Å². The number of carbonyl (C=O) groups is 1. The van der Waals surface area contributed by atoms with Crippen LogP contribution in [0.4, 0.5) is 5.69 Å². The fraction of sp³-hybridized carbons (Fsp3) is 0.211. The van der Waals surface area contributed by atoms with Gasteiger partial charge in [-0.3, -0.25) is 14.2 Å². The highest BCUT2D eigenvalue weighted by Crippen LogP contribution is 2.31. The van der Waals surface area contributed by atoms with Crippen LogP contribution in [0.2, 0.25) is 5.02 Å². The van der Waals surface area contributed by atoms with Gasteiger partial charge in [0.15, 0.2) is 0 Å². The summed E-state index contributed by atoms with van der Waals surface area (Å²) in [5, 5.41) is 0.884. The first kappa shape index (κ1) is 15.8. The van der Waals surface area contributed by atoms with Gasteiger partial charge in [0.25, 0.3) is 5.56 Å². The van der Waals surface area contributed by atoms with Crippen molar-refractivity contribution in [1.82, 2.24) is 9.55 Å². The van der Waals surface area contributed by atoms with Crippen molar-refractivity contribution in [3.63, 3.8) is 0 Å². The van der Waals surface area contributed by atoms with Gasteiger partial charge < -0.3 is 4.90 Å². The average molecular weight is 354 g/mol. The smallest absolute Gasteiger partial charge is 0.261 e. The summed E-state index contributed by atoms with van der Waals surface area (Å²) in [6.07, 6.45) is 2.24. The quantitative estimate of drug-likeness (QED) is 0.711. The maximum Gasteiger partial charge on any atom is 0.261 e. The van der Waals surface area contributed by atoms with Crippen molar-refractivity contribution in [3.8, 4) is 0 Å². The second kappa shape index (κ2) is 6.01. The summed E-state index contributed by atoms with van der Waals surface area (Å²) in [6, 6.07) is 12.9. The van der Waals surface area contributed by atoms with Gasteiger partial charge in [0.05, 0.1) is 17.2 Å². The third-order valence-electron chi connectivity index (χ3n) is 4.57. The molecule has 1 aliphatic rings. The Hall–Kier alpha value is -2.66. The minimum atomic E-state index is -0.263. The largest absolute Gasteiger partial charge is 0.307 e. The second-order valence-electron chi connectivity index (χ2n) is 6.28. The van der Waals surface area contributed by atoms with Crippen LogP contribution in [0.25, 0.3) is 10.9 Å². The first-order valence-corrected chi connectivity index (χ1v) is 8.47. The minimum Gasteiger partial charge on any atom is -0.307 e. The van der Waals surface area contributed by atoms with Crippen LogP contribution in [0.5, 0.6) is 0 Å². The van der Waals surface area contributed by atoms with E-state index in [2.05, 4.69) is 4.98 Å². The minimum absolute atomic E-state index is 0.0486. The van der Waals surface area contributed by atoms with E-state index in [0.717, 1.165) is 17.7 Å². The topological polar surface area (TPSA) is 55.2 Å². The van der Waals surface area contributed by atoms with Gasteiger partial charge in [-0.2, -0.15) is 0 Å². The molecular formula is C19H16ClN3O2. The van der Waals surface area contributed by atoms with Crippen LogP contribution in [-0.4, -0.2) is 21.5 Å². The van der Waals surface area contributed by atoms with Crippen LogP contribution in [0.15, 0.2) is 53.6 Å². The van der Waals surface area contributed by atoms with Gasteiger partial charge in [-0.1, -0.05) is 29.8 Å². The van der Waals surface area contributed by atoms with Gasteiger partial charge in [0, 0.05) is 16.8 Å². The van der Waals surface area contributed by atoms with E-state index < -0.39 is 0 Å². The van der Waals surface area contributed by atoms with Crippen molar-refractivity contribution < 1.29 is 4.79 Å². The van der Waals surface area contributed by atoms with E-state index in [0.29, 0.717) is 15.9 Å². The number of rotatable bonds is 2. The van der Waals surface area contributed by atoms with Crippen molar-refractivity contribution in [2.45, 2.75) is 25.9 Å².